The number of aliphatic hydroxyl groups excluding tert-OH is 2. The number of hydrogen-bond donors (Lipinski definition) is 3. The number of carbonyl (C=O) groups excluding carboxylic acids is 1. The Bertz CT molecular complexity index is 1060. The van der Waals surface area contributed by atoms with Crippen molar-refractivity contribution in [1.29, 1.82) is 0 Å². The normalized spacial score (nSPS) is 12.8. The van der Waals surface area contributed by atoms with Gasteiger partial charge in [0.05, 0.1) is 18.8 Å². The molecule has 72 heavy (non-hydrogen) atoms. The van der Waals surface area contributed by atoms with Crippen LogP contribution in [-0.2, 0) is 4.79 Å². The van der Waals surface area contributed by atoms with E-state index in [1.165, 1.54) is 340 Å². The van der Waals surface area contributed by atoms with Crippen LogP contribution in [0.3, 0.4) is 0 Å². The highest BCUT2D eigenvalue weighted by molar-refractivity contribution is 5.76. The van der Waals surface area contributed by atoms with Crippen molar-refractivity contribution in [2.24, 2.45) is 0 Å². The summed E-state index contributed by atoms with van der Waals surface area (Å²) in [4.78, 5) is 12.5. The van der Waals surface area contributed by atoms with Crippen LogP contribution >= 0.6 is 0 Å². The second kappa shape index (κ2) is 64.2. The highest BCUT2D eigenvalue weighted by Gasteiger charge is 2.18. The zero-order valence-electron chi connectivity index (χ0n) is 49.5. The van der Waals surface area contributed by atoms with Crippen LogP contribution in [0.2, 0.25) is 0 Å². The SMILES string of the molecule is CCCCCCCCCC/C=C\CCCCCCCCCCCCCCCCCCCCCC(=O)NC(CO)C(O)/C=C/CCCCCCCCCCCCCCCCCCCCCCCCCCCCC. The number of carbonyl (C=O) groups is 1. The quantitative estimate of drug-likeness (QED) is 0.0420. The van der Waals surface area contributed by atoms with Crippen LogP contribution in [0.1, 0.15) is 386 Å². The molecule has 0 aliphatic rings. The van der Waals surface area contributed by atoms with Crippen molar-refractivity contribution in [2.75, 3.05) is 6.61 Å². The maximum atomic E-state index is 12.5. The minimum absolute atomic E-state index is 0.0551. The molecule has 0 aromatic carbocycles. The van der Waals surface area contributed by atoms with Gasteiger partial charge in [0, 0.05) is 6.42 Å². The summed E-state index contributed by atoms with van der Waals surface area (Å²) in [5.74, 6) is -0.0551. The third-order valence-corrected chi connectivity index (χ3v) is 15.9. The summed E-state index contributed by atoms with van der Waals surface area (Å²) in [5, 5.41) is 23.3. The van der Waals surface area contributed by atoms with Gasteiger partial charge in [0.15, 0.2) is 0 Å². The zero-order chi connectivity index (χ0) is 52.0. The van der Waals surface area contributed by atoms with E-state index < -0.39 is 12.1 Å². The fraction of sp³-hybridized carbons (Fsp3) is 0.926. The first-order valence-corrected chi connectivity index (χ1v) is 33.6. The van der Waals surface area contributed by atoms with E-state index in [0.29, 0.717) is 6.42 Å². The highest BCUT2D eigenvalue weighted by Crippen LogP contribution is 2.19. The van der Waals surface area contributed by atoms with Crippen LogP contribution in [0.5, 0.6) is 0 Å². The van der Waals surface area contributed by atoms with Crippen LogP contribution in [0, 0.1) is 0 Å². The maximum absolute atomic E-state index is 12.5. The topological polar surface area (TPSA) is 69.6 Å². The van der Waals surface area contributed by atoms with Crippen molar-refractivity contribution in [3.63, 3.8) is 0 Å². The first-order valence-electron chi connectivity index (χ1n) is 33.6. The lowest BCUT2D eigenvalue weighted by atomic mass is 10.0. The summed E-state index contributed by atoms with van der Waals surface area (Å²) in [5.41, 5.74) is 0. The van der Waals surface area contributed by atoms with E-state index in [4.69, 9.17) is 0 Å². The third-order valence-electron chi connectivity index (χ3n) is 15.9. The zero-order valence-corrected chi connectivity index (χ0v) is 49.5. The summed E-state index contributed by atoms with van der Waals surface area (Å²) in [6, 6.07) is -0.621. The molecule has 0 saturated carbocycles. The Kier molecular flexibility index (Phi) is 63.2. The Morgan fingerprint density at radius 3 is 0.764 bits per heavy atom. The molecule has 4 nitrogen and oxygen atoms in total. The van der Waals surface area contributed by atoms with Gasteiger partial charge >= 0.3 is 0 Å². The molecule has 0 bridgehead atoms. The van der Waals surface area contributed by atoms with E-state index in [1.54, 1.807) is 6.08 Å². The number of unbranched alkanes of at least 4 members (excludes halogenated alkanes) is 54. The van der Waals surface area contributed by atoms with Crippen molar-refractivity contribution in [3.05, 3.63) is 24.3 Å². The van der Waals surface area contributed by atoms with Crippen LogP contribution in [0.15, 0.2) is 24.3 Å². The van der Waals surface area contributed by atoms with Gasteiger partial charge in [-0.05, 0) is 44.9 Å². The van der Waals surface area contributed by atoms with Gasteiger partial charge in [0.2, 0.25) is 5.91 Å². The molecule has 0 radical (unpaired) electrons. The number of amides is 1. The monoisotopic (exact) mass is 1010 g/mol. The standard InChI is InChI=1S/C68H133NO3/c1-3-5-7-9-11-13-15-17-19-21-23-25-27-29-31-33-34-36-38-40-42-44-46-48-50-52-54-56-58-60-62-64-68(72)69-66(65-70)67(71)63-61-59-57-55-53-51-49-47-45-43-41-39-37-35-32-30-28-26-24-22-20-18-16-14-12-10-8-6-4-2/h21,23,61,63,66-67,70-71H,3-20,22,24-60,62,64-65H2,1-2H3,(H,69,72)/b23-21-,63-61+. The molecule has 0 heterocycles. The second-order valence-corrected chi connectivity index (χ2v) is 23.2. The molecule has 0 aliphatic carbocycles. The molecule has 1 amide bonds. The molecular weight excluding hydrogens is 879 g/mol. The Morgan fingerprint density at radius 1 is 0.319 bits per heavy atom. The maximum Gasteiger partial charge on any atom is 0.220 e. The molecule has 3 N–H and O–H groups in total. The minimum atomic E-state index is -0.838. The number of allylic oxidation sites excluding steroid dienone is 3. The van der Waals surface area contributed by atoms with Crippen LogP contribution in [0.25, 0.3) is 0 Å². The molecule has 0 fully saturated rings. The number of hydrogen-bond acceptors (Lipinski definition) is 3. The lowest BCUT2D eigenvalue weighted by Crippen LogP contribution is -2.45. The molecule has 4 heteroatoms. The molecule has 0 aliphatic heterocycles. The Hall–Kier alpha value is -1.13. The van der Waals surface area contributed by atoms with Gasteiger partial charge in [0.25, 0.3) is 0 Å². The van der Waals surface area contributed by atoms with E-state index >= 15 is 0 Å². The van der Waals surface area contributed by atoms with E-state index in [1.807, 2.05) is 6.08 Å². The van der Waals surface area contributed by atoms with Gasteiger partial charge in [-0.25, -0.2) is 0 Å². The number of aliphatic hydroxyl groups is 2. The molecule has 2 atom stereocenters. The van der Waals surface area contributed by atoms with Crippen molar-refractivity contribution in [2.45, 2.75) is 398 Å². The summed E-state index contributed by atoms with van der Waals surface area (Å²) >= 11 is 0. The summed E-state index contributed by atoms with van der Waals surface area (Å²) < 4.78 is 0. The Balaban J connectivity index is 3.42. The lowest BCUT2D eigenvalue weighted by molar-refractivity contribution is -0.123. The molecule has 2 unspecified atom stereocenters. The lowest BCUT2D eigenvalue weighted by Gasteiger charge is -2.20. The van der Waals surface area contributed by atoms with E-state index in [2.05, 4.69) is 31.3 Å². The predicted molar refractivity (Wildman–Crippen MR) is 322 cm³/mol. The van der Waals surface area contributed by atoms with Gasteiger partial charge in [-0.1, -0.05) is 359 Å². The van der Waals surface area contributed by atoms with Crippen molar-refractivity contribution in [3.8, 4) is 0 Å². The molecule has 0 saturated heterocycles. The first kappa shape index (κ1) is 70.9. The fourth-order valence-corrected chi connectivity index (χ4v) is 10.8. The minimum Gasteiger partial charge on any atom is -0.394 e. The van der Waals surface area contributed by atoms with Crippen molar-refractivity contribution >= 4 is 5.91 Å². The van der Waals surface area contributed by atoms with Gasteiger partial charge in [-0.15, -0.1) is 0 Å². The largest absolute Gasteiger partial charge is 0.394 e. The van der Waals surface area contributed by atoms with Crippen LogP contribution in [0.4, 0.5) is 0 Å². The van der Waals surface area contributed by atoms with Crippen LogP contribution in [-0.4, -0.2) is 34.9 Å². The first-order chi connectivity index (χ1) is 35.7. The number of rotatable bonds is 63. The third kappa shape index (κ3) is 59.7. The smallest absolute Gasteiger partial charge is 0.220 e. The molecule has 0 rings (SSSR count). The molecule has 428 valence electrons. The second-order valence-electron chi connectivity index (χ2n) is 23.2. The van der Waals surface area contributed by atoms with Crippen molar-refractivity contribution < 1.29 is 15.0 Å². The fourth-order valence-electron chi connectivity index (χ4n) is 10.8. The summed E-state index contributed by atoms with van der Waals surface area (Å²) in [6.45, 7) is 4.36. The van der Waals surface area contributed by atoms with Gasteiger partial charge in [0.1, 0.15) is 0 Å². The molecule has 0 aromatic rings. The number of nitrogens with one attached hydrogen (secondary N) is 1. The van der Waals surface area contributed by atoms with Crippen LogP contribution < -0.4 is 5.32 Å². The van der Waals surface area contributed by atoms with E-state index in [-0.39, 0.29) is 12.5 Å². The molecular formula is C68H133NO3. The summed E-state index contributed by atoms with van der Waals surface area (Å²) in [6.07, 6.45) is 86.8. The highest BCUT2D eigenvalue weighted by atomic mass is 16.3. The Morgan fingerprint density at radius 2 is 0.528 bits per heavy atom. The van der Waals surface area contributed by atoms with E-state index in [9.17, 15) is 15.0 Å². The summed E-state index contributed by atoms with van der Waals surface area (Å²) in [7, 11) is 0. The Labute approximate surface area is 453 Å². The molecule has 0 spiro atoms. The van der Waals surface area contributed by atoms with Crippen molar-refractivity contribution in [1.82, 2.24) is 5.32 Å². The van der Waals surface area contributed by atoms with Gasteiger partial charge in [-0.2, -0.15) is 0 Å². The predicted octanol–water partition coefficient (Wildman–Crippen LogP) is 22.6. The van der Waals surface area contributed by atoms with E-state index in [0.717, 1.165) is 25.7 Å². The van der Waals surface area contributed by atoms with Gasteiger partial charge < -0.3 is 15.5 Å². The molecule has 0 aromatic heterocycles. The van der Waals surface area contributed by atoms with Gasteiger partial charge in [-0.3, -0.25) is 4.79 Å². The average molecular weight is 1010 g/mol. The average Bonchev–Trinajstić information content (AvgIpc) is 3.39.